The lowest BCUT2D eigenvalue weighted by Gasteiger charge is -2.25. The number of rotatable bonds is 3. The number of imide groups is 1. The van der Waals surface area contributed by atoms with E-state index in [1.165, 1.54) is 11.8 Å². The lowest BCUT2D eigenvalue weighted by Crippen LogP contribution is -2.46. The van der Waals surface area contributed by atoms with Crippen LogP contribution in [0.15, 0.2) is 24.3 Å². The minimum atomic E-state index is -0.843. The number of carbonyl (C=O) groups is 2. The number of amides is 2. The van der Waals surface area contributed by atoms with Gasteiger partial charge in [-0.3, -0.25) is 14.9 Å². The van der Waals surface area contributed by atoms with Crippen molar-refractivity contribution >= 4 is 40.1 Å². The van der Waals surface area contributed by atoms with Crippen molar-refractivity contribution in [2.75, 3.05) is 26.5 Å². The highest BCUT2D eigenvalue weighted by Crippen LogP contribution is 2.30. The summed E-state index contributed by atoms with van der Waals surface area (Å²) in [6, 6.07) is 7.07. The van der Waals surface area contributed by atoms with Crippen molar-refractivity contribution in [3.8, 4) is 11.5 Å². The summed E-state index contributed by atoms with van der Waals surface area (Å²) < 4.78 is 11.5. The zero-order valence-electron chi connectivity index (χ0n) is 12.2. The first-order valence-corrected chi connectivity index (χ1v) is 7.93. The van der Waals surface area contributed by atoms with Gasteiger partial charge in [0.05, 0.1) is 5.75 Å². The van der Waals surface area contributed by atoms with Crippen LogP contribution in [-0.4, -0.2) is 53.6 Å². The number of nitrogens with one attached hydrogen (secondary N) is 1. The molecule has 1 aliphatic heterocycles. The second-order valence-corrected chi connectivity index (χ2v) is 6.33. The van der Waals surface area contributed by atoms with E-state index in [-0.39, 0.29) is 12.4 Å². The molecule has 1 aromatic rings. The van der Waals surface area contributed by atoms with Gasteiger partial charge in [-0.1, -0.05) is 36.1 Å². The van der Waals surface area contributed by atoms with Crippen LogP contribution in [0, 0.1) is 0 Å². The first-order chi connectivity index (χ1) is 10.5. The fourth-order valence-electron chi connectivity index (χ4n) is 1.66. The summed E-state index contributed by atoms with van der Waals surface area (Å²) >= 11 is 6.25. The Morgan fingerprint density at radius 2 is 2.05 bits per heavy atom. The number of hydrogen-bond donors (Lipinski definition) is 1. The molecule has 0 aromatic heterocycles. The summed E-state index contributed by atoms with van der Waals surface area (Å²) in [7, 11) is 3.59. The number of nitrogens with zero attached hydrogens (tertiary/aromatic N) is 1. The topological polar surface area (TPSA) is 67.9 Å². The first-order valence-electron chi connectivity index (χ1n) is 6.53. The van der Waals surface area contributed by atoms with Crippen LogP contribution >= 0.6 is 24.0 Å². The van der Waals surface area contributed by atoms with E-state index in [0.717, 1.165) is 0 Å². The maximum atomic E-state index is 12.0. The van der Waals surface area contributed by atoms with E-state index >= 15 is 0 Å². The van der Waals surface area contributed by atoms with E-state index in [4.69, 9.17) is 21.7 Å². The van der Waals surface area contributed by atoms with Crippen molar-refractivity contribution in [3.05, 3.63) is 24.3 Å². The van der Waals surface area contributed by atoms with Gasteiger partial charge in [0.15, 0.2) is 11.5 Å². The second-order valence-electron chi connectivity index (χ2n) is 4.73. The van der Waals surface area contributed by atoms with Gasteiger partial charge in [0, 0.05) is 14.1 Å². The minimum absolute atomic E-state index is 0.0688. The smallest absolute Gasteiger partial charge is 0.271 e. The molecule has 1 N–H and O–H groups in total. The Bertz CT molecular complexity index is 592. The SMILES string of the molecule is CN(C)C(=S)SCC(=O)NC(=O)[C@H]1COc2ccccc2O1. The number of ether oxygens (including phenoxy) is 2. The lowest BCUT2D eigenvalue weighted by molar-refractivity contribution is -0.135. The molecule has 0 fully saturated rings. The van der Waals surface area contributed by atoms with Gasteiger partial charge in [-0.05, 0) is 12.1 Å². The Morgan fingerprint density at radius 1 is 1.36 bits per heavy atom. The second kappa shape index (κ2) is 7.46. The predicted octanol–water partition coefficient (Wildman–Crippen LogP) is 1.05. The number of thioether (sulfide) groups is 1. The van der Waals surface area contributed by atoms with Gasteiger partial charge in [0.2, 0.25) is 12.0 Å². The normalized spacial score (nSPS) is 15.8. The van der Waals surface area contributed by atoms with E-state index in [1.54, 1.807) is 37.2 Å². The maximum Gasteiger partial charge on any atom is 0.271 e. The molecule has 118 valence electrons. The van der Waals surface area contributed by atoms with Crippen molar-refractivity contribution in [2.24, 2.45) is 0 Å². The Balaban J connectivity index is 1.83. The Morgan fingerprint density at radius 3 is 2.73 bits per heavy atom. The summed E-state index contributed by atoms with van der Waals surface area (Å²) in [6.07, 6.45) is -0.843. The van der Waals surface area contributed by atoms with Crippen LogP contribution in [0.1, 0.15) is 0 Å². The van der Waals surface area contributed by atoms with Gasteiger partial charge in [0.25, 0.3) is 5.91 Å². The molecular formula is C14H16N2O4S2. The van der Waals surface area contributed by atoms with Crippen LogP contribution in [-0.2, 0) is 9.59 Å². The average Bonchev–Trinajstić information content (AvgIpc) is 2.51. The molecule has 1 heterocycles. The minimum Gasteiger partial charge on any atom is -0.485 e. The Kier molecular flexibility index (Phi) is 5.62. The molecule has 1 atom stereocenters. The van der Waals surface area contributed by atoms with Crippen LogP contribution in [0.4, 0.5) is 0 Å². The van der Waals surface area contributed by atoms with E-state index in [0.29, 0.717) is 15.8 Å². The summed E-state index contributed by atoms with van der Waals surface area (Å²) in [5, 5.41) is 2.29. The van der Waals surface area contributed by atoms with Crippen molar-refractivity contribution in [2.45, 2.75) is 6.10 Å². The standard InChI is InChI=1S/C14H16N2O4S2/c1-16(2)14(21)22-8-12(17)15-13(18)11-7-19-9-5-3-4-6-10(9)20-11/h3-6,11H,7-8H2,1-2H3,(H,15,17,18)/t11-/m1/s1. The third kappa shape index (κ3) is 4.35. The lowest BCUT2D eigenvalue weighted by atomic mass is 10.2. The van der Waals surface area contributed by atoms with Crippen molar-refractivity contribution < 1.29 is 19.1 Å². The van der Waals surface area contributed by atoms with Crippen molar-refractivity contribution in [1.82, 2.24) is 10.2 Å². The van der Waals surface area contributed by atoms with Gasteiger partial charge in [-0.2, -0.15) is 0 Å². The molecule has 0 radical (unpaired) electrons. The number of benzene rings is 1. The number of hydrogen-bond acceptors (Lipinski definition) is 6. The quantitative estimate of drug-likeness (QED) is 0.825. The highest BCUT2D eigenvalue weighted by Gasteiger charge is 2.28. The molecule has 6 nitrogen and oxygen atoms in total. The molecular weight excluding hydrogens is 324 g/mol. The molecule has 0 unspecified atom stereocenters. The summed E-state index contributed by atoms with van der Waals surface area (Å²) in [5.41, 5.74) is 0. The van der Waals surface area contributed by atoms with Crippen LogP contribution < -0.4 is 14.8 Å². The van der Waals surface area contributed by atoms with Gasteiger partial charge >= 0.3 is 0 Å². The fourth-order valence-corrected chi connectivity index (χ4v) is 2.42. The molecule has 0 saturated carbocycles. The zero-order chi connectivity index (χ0) is 16.1. The van der Waals surface area contributed by atoms with E-state index < -0.39 is 17.9 Å². The van der Waals surface area contributed by atoms with Gasteiger partial charge in [-0.15, -0.1) is 0 Å². The van der Waals surface area contributed by atoms with Crippen LogP contribution in [0.3, 0.4) is 0 Å². The summed E-state index contributed by atoms with van der Waals surface area (Å²) in [4.78, 5) is 25.5. The van der Waals surface area contributed by atoms with Crippen LogP contribution in [0.5, 0.6) is 11.5 Å². The largest absolute Gasteiger partial charge is 0.485 e. The van der Waals surface area contributed by atoms with Crippen molar-refractivity contribution in [3.63, 3.8) is 0 Å². The molecule has 0 spiro atoms. The molecule has 0 saturated heterocycles. The monoisotopic (exact) mass is 340 g/mol. The van der Waals surface area contributed by atoms with E-state index in [9.17, 15) is 9.59 Å². The molecule has 2 amide bonds. The van der Waals surface area contributed by atoms with Gasteiger partial charge in [0.1, 0.15) is 10.9 Å². The van der Waals surface area contributed by atoms with Gasteiger partial charge in [-0.25, -0.2) is 0 Å². The van der Waals surface area contributed by atoms with E-state index in [1.807, 2.05) is 6.07 Å². The number of fused-ring (bicyclic) bond motifs is 1. The molecule has 8 heteroatoms. The third-order valence-corrected chi connectivity index (χ3v) is 4.49. The molecule has 0 bridgehead atoms. The molecule has 0 aliphatic carbocycles. The predicted molar refractivity (Wildman–Crippen MR) is 88.2 cm³/mol. The van der Waals surface area contributed by atoms with Crippen molar-refractivity contribution in [1.29, 1.82) is 0 Å². The number of thiocarbonyl (C=S) groups is 1. The Hall–Kier alpha value is -1.80. The van der Waals surface area contributed by atoms with Crippen LogP contribution in [0.2, 0.25) is 0 Å². The zero-order valence-corrected chi connectivity index (χ0v) is 13.8. The summed E-state index contributed by atoms with van der Waals surface area (Å²) in [6.45, 7) is 0.0688. The molecule has 22 heavy (non-hydrogen) atoms. The third-order valence-electron chi connectivity index (χ3n) is 2.76. The van der Waals surface area contributed by atoms with Crippen LogP contribution in [0.25, 0.3) is 0 Å². The van der Waals surface area contributed by atoms with Gasteiger partial charge < -0.3 is 14.4 Å². The average molecular weight is 340 g/mol. The highest BCUT2D eigenvalue weighted by atomic mass is 32.2. The Labute approximate surface area is 138 Å². The fraction of sp³-hybridized carbons (Fsp3) is 0.357. The first kappa shape index (κ1) is 16.6. The molecule has 1 aromatic carbocycles. The molecule has 2 rings (SSSR count). The molecule has 1 aliphatic rings. The number of para-hydroxylation sites is 2. The van der Waals surface area contributed by atoms with E-state index in [2.05, 4.69) is 5.32 Å². The highest BCUT2D eigenvalue weighted by molar-refractivity contribution is 8.23. The summed E-state index contributed by atoms with van der Waals surface area (Å²) in [5.74, 6) is 0.221. The maximum absolute atomic E-state index is 12.0. The number of carbonyl (C=O) groups excluding carboxylic acids is 2.